The zero-order chi connectivity index (χ0) is 16.1. The van der Waals surface area contributed by atoms with Crippen molar-refractivity contribution < 1.29 is 19.6 Å². The highest BCUT2D eigenvalue weighted by molar-refractivity contribution is 8.01. The van der Waals surface area contributed by atoms with Crippen molar-refractivity contribution in [1.29, 1.82) is 0 Å². The zero-order valence-electron chi connectivity index (χ0n) is 13.7. The summed E-state index contributed by atoms with van der Waals surface area (Å²) in [7, 11) is 3.31. The number of likely N-dealkylation sites (N-methyl/N-ethyl adjacent to an activating group) is 1. The minimum atomic E-state index is -0.0254. The molecular formula is C16H25N2O3S+. The van der Waals surface area contributed by atoms with Gasteiger partial charge in [0.25, 0.3) is 0 Å². The van der Waals surface area contributed by atoms with Crippen molar-refractivity contribution in [3.8, 4) is 11.5 Å². The molecule has 0 bridgehead atoms. The lowest BCUT2D eigenvalue weighted by molar-refractivity contribution is -0.651. The van der Waals surface area contributed by atoms with Crippen LogP contribution in [0, 0.1) is 0 Å². The summed E-state index contributed by atoms with van der Waals surface area (Å²) in [5.74, 6) is 1.78. The van der Waals surface area contributed by atoms with Gasteiger partial charge >= 0.3 is 0 Å². The Morgan fingerprint density at radius 1 is 1.32 bits per heavy atom. The van der Waals surface area contributed by atoms with Crippen LogP contribution in [0.1, 0.15) is 24.8 Å². The van der Waals surface area contributed by atoms with Crippen LogP contribution in [0.5, 0.6) is 11.5 Å². The maximum Gasteiger partial charge on any atom is 0.236 e. The van der Waals surface area contributed by atoms with E-state index < -0.39 is 0 Å². The third-order valence-electron chi connectivity index (χ3n) is 3.81. The van der Waals surface area contributed by atoms with Gasteiger partial charge in [-0.05, 0) is 32.0 Å². The van der Waals surface area contributed by atoms with Crippen molar-refractivity contribution in [1.82, 2.24) is 4.90 Å². The molecule has 1 saturated heterocycles. The van der Waals surface area contributed by atoms with E-state index in [1.807, 2.05) is 30.0 Å². The summed E-state index contributed by atoms with van der Waals surface area (Å²) < 4.78 is 10.8. The van der Waals surface area contributed by atoms with Gasteiger partial charge in [-0.3, -0.25) is 4.79 Å². The molecule has 2 N–H and O–H groups in total. The summed E-state index contributed by atoms with van der Waals surface area (Å²) in [6.07, 6.45) is 0. The normalized spacial score (nSPS) is 21.3. The van der Waals surface area contributed by atoms with Gasteiger partial charge < -0.3 is 19.7 Å². The van der Waals surface area contributed by atoms with Gasteiger partial charge in [-0.1, -0.05) is 0 Å². The van der Waals surface area contributed by atoms with Crippen LogP contribution in [0.15, 0.2) is 18.2 Å². The van der Waals surface area contributed by atoms with E-state index in [4.69, 9.17) is 9.47 Å². The number of methoxy groups -OCH3 is 2. The fraction of sp³-hybridized carbons (Fsp3) is 0.562. The van der Waals surface area contributed by atoms with Crippen LogP contribution in [-0.4, -0.2) is 49.9 Å². The molecule has 0 unspecified atom stereocenters. The first-order valence-corrected chi connectivity index (χ1v) is 8.56. The van der Waals surface area contributed by atoms with E-state index in [1.165, 1.54) is 0 Å². The minimum absolute atomic E-state index is 0.0159. The number of benzene rings is 1. The number of amides is 1. The van der Waals surface area contributed by atoms with E-state index in [-0.39, 0.29) is 16.5 Å². The molecule has 5 nitrogen and oxygen atoms in total. The average molecular weight is 325 g/mol. The minimum Gasteiger partial charge on any atom is -0.497 e. The topological polar surface area (TPSA) is 55.4 Å². The first-order valence-electron chi connectivity index (χ1n) is 7.61. The Kier molecular flexibility index (Phi) is 5.97. The molecule has 0 aromatic heterocycles. The summed E-state index contributed by atoms with van der Waals surface area (Å²) >= 11 is 1.67. The van der Waals surface area contributed by atoms with Crippen molar-refractivity contribution >= 4 is 17.7 Å². The SMILES string of the molecule is CC[NH2+]CCN1C(=O)[C@@H](C)S[C@@H]1c1cc(OC)ccc1OC. The van der Waals surface area contributed by atoms with E-state index >= 15 is 0 Å². The molecule has 1 aromatic carbocycles. The number of thioether (sulfide) groups is 1. The molecule has 22 heavy (non-hydrogen) atoms. The second kappa shape index (κ2) is 7.74. The molecule has 1 amide bonds. The van der Waals surface area contributed by atoms with Crippen molar-refractivity contribution in [3.05, 3.63) is 23.8 Å². The Morgan fingerprint density at radius 2 is 2.09 bits per heavy atom. The molecule has 1 aromatic rings. The zero-order valence-corrected chi connectivity index (χ0v) is 14.5. The third kappa shape index (κ3) is 3.50. The second-order valence-corrected chi connectivity index (χ2v) is 6.68. The highest BCUT2D eigenvalue weighted by Gasteiger charge is 2.39. The van der Waals surface area contributed by atoms with Crippen molar-refractivity contribution in [3.63, 3.8) is 0 Å². The molecule has 1 aliphatic rings. The second-order valence-electron chi connectivity index (χ2n) is 5.26. The monoisotopic (exact) mass is 325 g/mol. The fourth-order valence-electron chi connectivity index (χ4n) is 2.61. The molecule has 6 heteroatoms. The predicted octanol–water partition coefficient (Wildman–Crippen LogP) is 1.25. The van der Waals surface area contributed by atoms with Crippen molar-refractivity contribution in [2.24, 2.45) is 0 Å². The molecule has 1 fully saturated rings. The largest absolute Gasteiger partial charge is 0.497 e. The quantitative estimate of drug-likeness (QED) is 0.767. The number of ether oxygens (including phenoxy) is 2. The number of carbonyl (C=O) groups is 1. The van der Waals surface area contributed by atoms with Crippen LogP contribution < -0.4 is 14.8 Å². The summed E-state index contributed by atoms with van der Waals surface area (Å²) in [4.78, 5) is 14.4. The highest BCUT2D eigenvalue weighted by Crippen LogP contribution is 2.46. The number of nitrogens with zero attached hydrogens (tertiary/aromatic N) is 1. The van der Waals surface area contributed by atoms with Gasteiger partial charge in [-0.15, -0.1) is 11.8 Å². The predicted molar refractivity (Wildman–Crippen MR) is 88.4 cm³/mol. The lowest BCUT2D eigenvalue weighted by Gasteiger charge is -2.25. The fourth-order valence-corrected chi connectivity index (χ4v) is 3.94. The number of quaternary nitrogens is 1. The Labute approximate surface area is 136 Å². The number of hydrogen-bond donors (Lipinski definition) is 1. The molecule has 0 radical (unpaired) electrons. The average Bonchev–Trinajstić information content (AvgIpc) is 2.82. The molecule has 1 aliphatic heterocycles. The molecule has 2 rings (SSSR count). The van der Waals surface area contributed by atoms with Gasteiger partial charge in [0.2, 0.25) is 5.91 Å². The van der Waals surface area contributed by atoms with E-state index in [9.17, 15) is 4.79 Å². The number of hydrogen-bond acceptors (Lipinski definition) is 4. The lowest BCUT2D eigenvalue weighted by Crippen LogP contribution is -2.85. The van der Waals surface area contributed by atoms with E-state index in [2.05, 4.69) is 12.2 Å². The van der Waals surface area contributed by atoms with Crippen molar-refractivity contribution in [2.45, 2.75) is 24.5 Å². The van der Waals surface area contributed by atoms with Crippen LogP contribution in [0.4, 0.5) is 0 Å². The van der Waals surface area contributed by atoms with E-state index in [1.54, 1.807) is 26.0 Å². The van der Waals surface area contributed by atoms with Gasteiger partial charge in [0.05, 0.1) is 39.1 Å². The standard InChI is InChI=1S/C16H24N2O3S/c1-5-17-8-9-18-15(19)11(2)22-16(18)13-10-12(20-3)6-7-14(13)21-4/h6-7,10-11,16-17H,5,8-9H2,1-4H3/p+1/t11-,16-/m1/s1. The smallest absolute Gasteiger partial charge is 0.236 e. The number of nitrogens with two attached hydrogens (primary N) is 1. The van der Waals surface area contributed by atoms with Crippen LogP contribution in [-0.2, 0) is 4.79 Å². The van der Waals surface area contributed by atoms with Gasteiger partial charge in [-0.25, -0.2) is 0 Å². The van der Waals surface area contributed by atoms with Gasteiger partial charge in [0.1, 0.15) is 16.9 Å². The maximum atomic E-state index is 12.5. The molecule has 122 valence electrons. The van der Waals surface area contributed by atoms with Gasteiger partial charge in [0.15, 0.2) is 0 Å². The van der Waals surface area contributed by atoms with Gasteiger partial charge in [-0.2, -0.15) is 0 Å². The molecule has 1 heterocycles. The molecule has 0 spiro atoms. The van der Waals surface area contributed by atoms with Crippen LogP contribution in [0.25, 0.3) is 0 Å². The number of carbonyl (C=O) groups excluding carboxylic acids is 1. The maximum absolute atomic E-state index is 12.5. The Bertz CT molecular complexity index is 524. The van der Waals surface area contributed by atoms with E-state index in [0.717, 1.165) is 36.7 Å². The number of rotatable bonds is 7. The molecule has 2 atom stereocenters. The highest BCUT2D eigenvalue weighted by atomic mass is 32.2. The summed E-state index contributed by atoms with van der Waals surface area (Å²) in [6, 6.07) is 5.75. The Balaban J connectivity index is 2.29. The Hall–Kier alpha value is -1.40. The summed E-state index contributed by atoms with van der Waals surface area (Å²) in [6.45, 7) is 6.77. The first kappa shape index (κ1) is 17.0. The molecule has 0 saturated carbocycles. The van der Waals surface area contributed by atoms with Crippen LogP contribution >= 0.6 is 11.8 Å². The van der Waals surface area contributed by atoms with Crippen LogP contribution in [0.3, 0.4) is 0 Å². The summed E-state index contributed by atoms with van der Waals surface area (Å²) in [5, 5.41) is 2.17. The third-order valence-corrected chi connectivity index (χ3v) is 5.19. The van der Waals surface area contributed by atoms with E-state index in [0.29, 0.717) is 0 Å². The molecule has 0 aliphatic carbocycles. The lowest BCUT2D eigenvalue weighted by atomic mass is 10.1. The molecular weight excluding hydrogens is 300 g/mol. The van der Waals surface area contributed by atoms with Crippen LogP contribution in [0.2, 0.25) is 0 Å². The van der Waals surface area contributed by atoms with Gasteiger partial charge in [0, 0.05) is 5.56 Å². The summed E-state index contributed by atoms with van der Waals surface area (Å²) in [5.41, 5.74) is 1.00. The Morgan fingerprint density at radius 3 is 2.73 bits per heavy atom. The first-order chi connectivity index (χ1) is 10.6. The van der Waals surface area contributed by atoms with Crippen molar-refractivity contribution in [2.75, 3.05) is 33.9 Å².